The van der Waals surface area contributed by atoms with Crippen LogP contribution in [0.4, 0.5) is 0 Å². The molecule has 0 fully saturated rings. The van der Waals surface area contributed by atoms with Gasteiger partial charge in [0.15, 0.2) is 0 Å². The summed E-state index contributed by atoms with van der Waals surface area (Å²) in [5.74, 6) is 0. The molecule has 0 aromatic heterocycles. The molecule has 0 aromatic carbocycles. The molecule has 0 unspecified atom stereocenters. The molecule has 25 heavy (non-hydrogen) atoms. The van der Waals surface area contributed by atoms with Crippen molar-refractivity contribution in [2.45, 2.75) is 110 Å². The molecular weight excluding hydrogens is 347 g/mol. The minimum atomic E-state index is -3.79. The van der Waals surface area contributed by atoms with Gasteiger partial charge in [0.05, 0.1) is 13.2 Å². The van der Waals surface area contributed by atoms with E-state index in [0.29, 0.717) is 0 Å². The molecule has 0 amide bonds. The van der Waals surface area contributed by atoms with Crippen molar-refractivity contribution in [2.75, 3.05) is 13.2 Å². The van der Waals surface area contributed by atoms with Crippen LogP contribution in [0.15, 0.2) is 0 Å². The van der Waals surface area contributed by atoms with E-state index in [4.69, 9.17) is 8.37 Å². The molecule has 0 aliphatic carbocycles. The molecule has 148 valence electrons. The van der Waals surface area contributed by atoms with Crippen molar-refractivity contribution < 1.29 is 16.8 Å². The summed E-state index contributed by atoms with van der Waals surface area (Å²) in [6.45, 7) is 4.90. The molecular formula is C19H41NaO4S. The van der Waals surface area contributed by atoms with Gasteiger partial charge in [-0.3, -0.25) is 0 Å². The Bertz CT molecular complexity index is 347. The Morgan fingerprint density at radius 2 is 0.800 bits per heavy atom. The minimum absolute atomic E-state index is 0. The van der Waals surface area contributed by atoms with Crippen LogP contribution in [0, 0.1) is 0 Å². The van der Waals surface area contributed by atoms with Gasteiger partial charge in [-0.2, -0.15) is 8.42 Å². The summed E-state index contributed by atoms with van der Waals surface area (Å²) >= 11 is 0. The second-order valence-electron chi connectivity index (χ2n) is 6.65. The molecule has 0 aliphatic heterocycles. The Kier molecular flexibility index (Phi) is 23.8. The third kappa shape index (κ3) is 22.8. The topological polar surface area (TPSA) is 52.6 Å². The van der Waals surface area contributed by atoms with Gasteiger partial charge in [0.1, 0.15) is 0 Å². The van der Waals surface area contributed by atoms with Crippen molar-refractivity contribution in [3.8, 4) is 0 Å². The van der Waals surface area contributed by atoms with Gasteiger partial charge in [0, 0.05) is 0 Å². The Balaban J connectivity index is 0. The number of rotatable bonds is 19. The first-order valence-electron chi connectivity index (χ1n) is 10.2. The van der Waals surface area contributed by atoms with Gasteiger partial charge in [-0.15, -0.1) is 0 Å². The summed E-state index contributed by atoms with van der Waals surface area (Å²) in [5.41, 5.74) is 0. The van der Waals surface area contributed by atoms with E-state index in [1.807, 2.05) is 0 Å². The summed E-state index contributed by atoms with van der Waals surface area (Å²) in [6, 6.07) is 0. The Hall–Kier alpha value is 0.870. The normalized spacial score (nSPS) is 11.4. The zero-order chi connectivity index (χ0) is 17.9. The van der Waals surface area contributed by atoms with Crippen molar-refractivity contribution in [3.63, 3.8) is 0 Å². The molecule has 0 bridgehead atoms. The second kappa shape index (κ2) is 21.2. The SMILES string of the molecule is CCCCCCCCCCCOS(=O)(=O)OCCCCCCCC.[NaH]. The van der Waals surface area contributed by atoms with Gasteiger partial charge in [-0.05, 0) is 12.8 Å². The fourth-order valence-electron chi connectivity index (χ4n) is 2.65. The fourth-order valence-corrected chi connectivity index (χ4v) is 3.36. The zero-order valence-electron chi connectivity index (χ0n) is 16.1. The van der Waals surface area contributed by atoms with Gasteiger partial charge in [-0.1, -0.05) is 97.3 Å². The zero-order valence-corrected chi connectivity index (χ0v) is 16.9. The van der Waals surface area contributed by atoms with E-state index in [1.165, 1.54) is 57.8 Å². The molecule has 0 spiro atoms. The first kappa shape index (κ1) is 28.1. The first-order valence-corrected chi connectivity index (χ1v) is 11.5. The number of hydrogen-bond acceptors (Lipinski definition) is 4. The quantitative estimate of drug-likeness (QED) is 0.216. The molecule has 0 saturated heterocycles. The van der Waals surface area contributed by atoms with Gasteiger partial charge in [0.2, 0.25) is 0 Å². The summed E-state index contributed by atoms with van der Waals surface area (Å²) in [7, 11) is -3.79. The van der Waals surface area contributed by atoms with Crippen LogP contribution in [0.3, 0.4) is 0 Å². The van der Waals surface area contributed by atoms with Gasteiger partial charge in [-0.25, -0.2) is 8.37 Å². The van der Waals surface area contributed by atoms with Crippen LogP contribution >= 0.6 is 0 Å². The van der Waals surface area contributed by atoms with E-state index >= 15 is 0 Å². The molecule has 0 saturated carbocycles. The Labute approximate surface area is 179 Å². The predicted octanol–water partition coefficient (Wildman–Crippen LogP) is 5.51. The van der Waals surface area contributed by atoms with Crippen molar-refractivity contribution in [1.29, 1.82) is 0 Å². The van der Waals surface area contributed by atoms with Crippen LogP contribution in [-0.4, -0.2) is 51.2 Å². The average Bonchev–Trinajstić information content (AvgIpc) is 2.55. The van der Waals surface area contributed by atoms with E-state index < -0.39 is 10.4 Å². The molecule has 6 heteroatoms. The molecule has 0 radical (unpaired) electrons. The molecule has 0 N–H and O–H groups in total. The van der Waals surface area contributed by atoms with Crippen molar-refractivity contribution in [3.05, 3.63) is 0 Å². The summed E-state index contributed by atoms with van der Waals surface area (Å²) < 4.78 is 32.9. The maximum absolute atomic E-state index is 11.6. The van der Waals surface area contributed by atoms with Crippen LogP contribution in [-0.2, 0) is 18.8 Å². The number of unbranched alkanes of at least 4 members (excludes halogenated alkanes) is 13. The number of hydrogen-bond donors (Lipinski definition) is 0. The monoisotopic (exact) mass is 388 g/mol. The van der Waals surface area contributed by atoms with E-state index in [-0.39, 0.29) is 42.8 Å². The fraction of sp³-hybridized carbons (Fsp3) is 1.00. The molecule has 0 atom stereocenters. The first-order chi connectivity index (χ1) is 11.6. The summed E-state index contributed by atoms with van der Waals surface area (Å²) in [6.07, 6.45) is 17.4. The molecule has 0 rings (SSSR count). The van der Waals surface area contributed by atoms with Crippen LogP contribution in [0.25, 0.3) is 0 Å². The summed E-state index contributed by atoms with van der Waals surface area (Å²) in [4.78, 5) is 0. The van der Waals surface area contributed by atoms with Crippen LogP contribution in [0.1, 0.15) is 110 Å². The van der Waals surface area contributed by atoms with Crippen molar-refractivity contribution in [1.82, 2.24) is 0 Å². The second-order valence-corrected chi connectivity index (χ2v) is 7.94. The summed E-state index contributed by atoms with van der Waals surface area (Å²) in [5, 5.41) is 0. The third-order valence-corrected chi connectivity index (χ3v) is 5.11. The van der Waals surface area contributed by atoms with Crippen LogP contribution < -0.4 is 0 Å². The van der Waals surface area contributed by atoms with Gasteiger partial charge >= 0.3 is 40.0 Å². The Morgan fingerprint density at radius 1 is 0.520 bits per heavy atom. The Morgan fingerprint density at radius 3 is 1.12 bits per heavy atom. The predicted molar refractivity (Wildman–Crippen MR) is 109 cm³/mol. The van der Waals surface area contributed by atoms with Crippen LogP contribution in [0.2, 0.25) is 0 Å². The average molecular weight is 389 g/mol. The van der Waals surface area contributed by atoms with Crippen molar-refractivity contribution >= 4 is 40.0 Å². The van der Waals surface area contributed by atoms with Gasteiger partial charge in [0.25, 0.3) is 0 Å². The molecule has 0 aliphatic rings. The third-order valence-electron chi connectivity index (χ3n) is 4.20. The van der Waals surface area contributed by atoms with Crippen LogP contribution in [0.5, 0.6) is 0 Å². The van der Waals surface area contributed by atoms with Crippen molar-refractivity contribution in [2.24, 2.45) is 0 Å². The standard InChI is InChI=1S/C19H40O4S.Na.H/c1-3-5-7-9-11-12-13-15-17-19-23-24(20,21)22-18-16-14-10-8-6-4-2;;/h3-19H2,1-2H3;;. The molecule has 0 heterocycles. The van der Waals surface area contributed by atoms with Gasteiger partial charge < -0.3 is 0 Å². The molecule has 0 aromatic rings. The maximum atomic E-state index is 11.6. The van der Waals surface area contributed by atoms with E-state index in [0.717, 1.165) is 38.5 Å². The molecule has 4 nitrogen and oxygen atoms in total. The van der Waals surface area contributed by atoms with E-state index in [2.05, 4.69) is 13.8 Å². The van der Waals surface area contributed by atoms with E-state index in [9.17, 15) is 8.42 Å². The van der Waals surface area contributed by atoms with E-state index in [1.54, 1.807) is 0 Å².